The summed E-state index contributed by atoms with van der Waals surface area (Å²) in [5.74, 6) is -3.24. The molecule has 0 aliphatic carbocycles. The molecule has 0 unspecified atom stereocenters. The van der Waals surface area contributed by atoms with Crippen LogP contribution in [-0.2, 0) is 22.2 Å². The Morgan fingerprint density at radius 1 is 1.10 bits per heavy atom. The molecule has 2 fully saturated rings. The van der Waals surface area contributed by atoms with E-state index in [1.807, 2.05) is 56.4 Å². The third kappa shape index (κ3) is 7.91. The first-order chi connectivity index (χ1) is 29.9. The summed E-state index contributed by atoms with van der Waals surface area (Å²) in [6.45, 7) is 4.37. The molecule has 5 aromatic rings. The molecule has 17 heteroatoms. The Hall–Kier alpha value is -5.81. The average molecular weight is 872 g/mol. The lowest BCUT2D eigenvalue weighted by Crippen LogP contribution is -2.49. The zero-order valence-electron chi connectivity index (χ0n) is 34.4. The number of urea groups is 1. The van der Waals surface area contributed by atoms with Crippen molar-refractivity contribution in [2.75, 3.05) is 62.3 Å². The number of aliphatic hydroxyl groups excluding tert-OH is 1. The number of nitrogens with zero attached hydrogens (tertiary/aromatic N) is 4. The number of primary amides is 1. The van der Waals surface area contributed by atoms with Crippen LogP contribution < -0.4 is 35.6 Å². The Morgan fingerprint density at radius 3 is 2.66 bits per heavy atom. The molecule has 3 atom stereocenters. The van der Waals surface area contributed by atoms with Gasteiger partial charge in [-0.1, -0.05) is 54.9 Å². The van der Waals surface area contributed by atoms with E-state index in [0.29, 0.717) is 37.5 Å². The van der Waals surface area contributed by atoms with Crippen LogP contribution in [0.1, 0.15) is 60.0 Å². The number of fused-ring (bicyclic) bond motifs is 2. The molecule has 3 aliphatic heterocycles. The van der Waals surface area contributed by atoms with Crippen molar-refractivity contribution in [3.63, 3.8) is 0 Å². The van der Waals surface area contributed by atoms with Gasteiger partial charge in [0.25, 0.3) is 0 Å². The normalized spacial score (nSPS) is 20.0. The van der Waals surface area contributed by atoms with Gasteiger partial charge < -0.3 is 35.3 Å². The molecule has 4 aromatic carbocycles. The van der Waals surface area contributed by atoms with E-state index in [1.165, 1.54) is 23.1 Å². The van der Waals surface area contributed by atoms with Crippen molar-refractivity contribution >= 4 is 51.9 Å². The van der Waals surface area contributed by atoms with Gasteiger partial charge in [0.1, 0.15) is 18.2 Å². The van der Waals surface area contributed by atoms with Crippen LogP contribution in [-0.4, -0.2) is 91.4 Å². The van der Waals surface area contributed by atoms with Crippen molar-refractivity contribution in [1.29, 1.82) is 0 Å². The molecule has 3 aliphatic rings. The highest BCUT2D eigenvalue weighted by atomic mass is 35.5. The maximum atomic E-state index is 16.4. The standard InChI is InChI=1S/C45H48ClF2N7O7/c1-26-36-34(23-31(47)39(46)38(36)37-29(42(49)58)14-15-33(40(37)48)61-22-20-56)62-45(26,27-9-4-3-5-10-27)25-50-17-8-21-60-28-11-7-18-54(24-28)32-13-6-12-30-41(32)53(2)52-43(30)55-19-16-35(57)51-44(55)59/h3-6,9-10,12-15,23,26,28,50,56H,7-8,11,16-22,24-25H2,1-2H3,(H2,49,58)(H,51,57,59)/t26-,28+,45-/m0/s1. The van der Waals surface area contributed by atoms with Gasteiger partial charge in [-0.15, -0.1) is 0 Å². The smallest absolute Gasteiger partial charge is 0.329 e. The van der Waals surface area contributed by atoms with Gasteiger partial charge in [-0.25, -0.2) is 13.6 Å². The van der Waals surface area contributed by atoms with Gasteiger partial charge >= 0.3 is 6.03 Å². The minimum Gasteiger partial charge on any atom is -0.488 e. The summed E-state index contributed by atoms with van der Waals surface area (Å²) in [7, 11) is 1.85. The van der Waals surface area contributed by atoms with E-state index in [4.69, 9.17) is 36.6 Å². The van der Waals surface area contributed by atoms with Crippen LogP contribution in [0.5, 0.6) is 11.5 Å². The number of nitrogens with two attached hydrogens (primary N) is 1. The average Bonchev–Trinajstić information content (AvgIpc) is 3.75. The molecular weight excluding hydrogens is 824 g/mol. The summed E-state index contributed by atoms with van der Waals surface area (Å²) in [5.41, 5.74) is 7.11. The monoisotopic (exact) mass is 871 g/mol. The first-order valence-corrected chi connectivity index (χ1v) is 21.1. The molecule has 1 aromatic heterocycles. The van der Waals surface area contributed by atoms with E-state index in [-0.39, 0.29) is 72.9 Å². The van der Waals surface area contributed by atoms with Crippen LogP contribution >= 0.6 is 11.6 Å². The van der Waals surface area contributed by atoms with Crippen LogP contribution in [0, 0.1) is 11.6 Å². The predicted octanol–water partition coefficient (Wildman–Crippen LogP) is 6.14. The Morgan fingerprint density at radius 2 is 1.90 bits per heavy atom. The molecular formula is C45H48ClF2N7O7. The van der Waals surface area contributed by atoms with E-state index in [9.17, 15) is 19.5 Å². The van der Waals surface area contributed by atoms with Crippen molar-refractivity contribution in [1.82, 2.24) is 20.4 Å². The minimum atomic E-state index is -1.10. The van der Waals surface area contributed by atoms with Crippen molar-refractivity contribution in [2.24, 2.45) is 12.8 Å². The maximum Gasteiger partial charge on any atom is 0.329 e. The van der Waals surface area contributed by atoms with Crippen LogP contribution in [0.3, 0.4) is 0 Å². The molecule has 5 N–H and O–H groups in total. The number of rotatable bonds is 15. The van der Waals surface area contributed by atoms with Crippen LogP contribution in [0.4, 0.5) is 25.1 Å². The number of benzene rings is 4. The van der Waals surface area contributed by atoms with E-state index >= 15 is 8.78 Å². The van der Waals surface area contributed by atoms with Gasteiger partial charge in [-0.05, 0) is 55.6 Å². The molecule has 0 saturated carbocycles. The fraction of sp³-hybridized carbons (Fsp3) is 0.378. The second-order valence-electron chi connectivity index (χ2n) is 15.8. The van der Waals surface area contributed by atoms with Gasteiger partial charge in [0.05, 0.1) is 34.5 Å². The number of aryl methyl sites for hydroxylation is 1. The van der Waals surface area contributed by atoms with Crippen molar-refractivity contribution in [3.05, 3.63) is 100 Å². The molecule has 62 heavy (non-hydrogen) atoms. The third-order valence-electron chi connectivity index (χ3n) is 12.0. The summed E-state index contributed by atoms with van der Waals surface area (Å²) in [6.07, 6.45) is 2.68. The van der Waals surface area contributed by atoms with Crippen molar-refractivity contribution < 1.29 is 42.5 Å². The van der Waals surface area contributed by atoms with E-state index in [1.54, 1.807) is 4.68 Å². The zero-order valence-corrected chi connectivity index (χ0v) is 35.1. The third-order valence-corrected chi connectivity index (χ3v) is 12.3. The quantitative estimate of drug-likeness (QED) is 0.0895. The summed E-state index contributed by atoms with van der Waals surface area (Å²) in [6, 6.07) is 18.6. The maximum absolute atomic E-state index is 16.4. The highest BCUT2D eigenvalue weighted by Crippen LogP contribution is 2.56. The molecule has 14 nitrogen and oxygen atoms in total. The number of piperidine rings is 1. The Balaban J connectivity index is 0.964. The van der Waals surface area contributed by atoms with E-state index in [0.717, 1.165) is 41.5 Å². The number of para-hydroxylation sites is 1. The Bertz CT molecular complexity index is 2520. The summed E-state index contributed by atoms with van der Waals surface area (Å²) in [4.78, 5) is 41.0. The lowest BCUT2D eigenvalue weighted by Gasteiger charge is -2.35. The van der Waals surface area contributed by atoms with Crippen molar-refractivity contribution in [3.8, 4) is 22.6 Å². The minimum absolute atomic E-state index is 0.0229. The lowest BCUT2D eigenvalue weighted by atomic mass is 9.77. The SMILES string of the molecule is C[C@H]1c2c(cc(F)c(Cl)c2-c2c(C(N)=O)ccc(OCCO)c2F)O[C@]1(CNCCCO[C@@H]1CCCN(c2cccc3c(N4CCC(=O)NC4=O)nn(C)c23)C1)c1ccccc1. The number of ether oxygens (including phenoxy) is 3. The highest BCUT2D eigenvalue weighted by Gasteiger charge is 2.50. The zero-order chi connectivity index (χ0) is 43.7. The van der Waals surface area contributed by atoms with Gasteiger partial charge in [-0.3, -0.25) is 24.5 Å². The van der Waals surface area contributed by atoms with Crippen LogP contribution in [0.2, 0.25) is 5.02 Å². The Kier molecular flexibility index (Phi) is 12.4. The lowest BCUT2D eigenvalue weighted by molar-refractivity contribution is -0.120. The largest absolute Gasteiger partial charge is 0.488 e. The van der Waals surface area contributed by atoms with Crippen molar-refractivity contribution in [2.45, 2.75) is 50.2 Å². The summed E-state index contributed by atoms with van der Waals surface area (Å²) in [5, 5.41) is 20.4. The number of imide groups is 1. The number of halogens is 3. The molecule has 4 amide bonds. The topological polar surface area (TPSA) is 174 Å². The Labute approximate surface area is 361 Å². The number of hydrogen-bond acceptors (Lipinski definition) is 10. The molecule has 2 saturated heterocycles. The van der Waals surface area contributed by atoms with Gasteiger partial charge in [-0.2, -0.15) is 5.10 Å². The van der Waals surface area contributed by atoms with Gasteiger partial charge in [0, 0.05) is 80.3 Å². The number of aliphatic hydroxyl groups is 1. The molecule has 326 valence electrons. The summed E-state index contributed by atoms with van der Waals surface area (Å²) < 4.78 is 52.5. The first-order valence-electron chi connectivity index (χ1n) is 20.7. The van der Waals surface area contributed by atoms with Crippen LogP contribution in [0.15, 0.2) is 66.7 Å². The number of carbonyl (C=O) groups excluding carboxylic acids is 3. The highest BCUT2D eigenvalue weighted by molar-refractivity contribution is 6.34. The van der Waals surface area contributed by atoms with E-state index in [2.05, 4.69) is 21.6 Å². The predicted molar refractivity (Wildman–Crippen MR) is 230 cm³/mol. The second-order valence-corrected chi connectivity index (χ2v) is 16.1. The fourth-order valence-electron chi connectivity index (χ4n) is 9.02. The molecule has 0 radical (unpaired) electrons. The fourth-order valence-corrected chi connectivity index (χ4v) is 9.27. The number of anilines is 2. The number of carbonyl (C=O) groups is 3. The van der Waals surface area contributed by atoms with E-state index < -0.39 is 40.1 Å². The first kappa shape index (κ1) is 42.9. The summed E-state index contributed by atoms with van der Waals surface area (Å²) >= 11 is 6.67. The van der Waals surface area contributed by atoms with Crippen LogP contribution in [0.25, 0.3) is 22.0 Å². The molecule has 0 bridgehead atoms. The number of hydrogen-bond donors (Lipinski definition) is 4. The molecule has 8 rings (SSSR count). The van der Waals surface area contributed by atoms with Gasteiger partial charge in [0.15, 0.2) is 23.0 Å². The number of nitrogens with one attached hydrogen (secondary N) is 2. The molecule has 0 spiro atoms. The van der Waals surface area contributed by atoms with Gasteiger partial charge in [0.2, 0.25) is 11.8 Å². The number of amides is 4. The molecule has 4 heterocycles. The second kappa shape index (κ2) is 17.9. The number of aromatic nitrogens is 2.